The van der Waals surface area contributed by atoms with Crippen LogP contribution in [0.25, 0.3) is 0 Å². The van der Waals surface area contributed by atoms with Crippen molar-refractivity contribution in [1.82, 2.24) is 0 Å². The molecular weight excluding hydrogens is 236 g/mol. The number of aryl methyl sites for hydroxylation is 1. The molecule has 0 aromatic heterocycles. The van der Waals surface area contributed by atoms with Gasteiger partial charge in [0.05, 0.1) is 5.41 Å². The third kappa shape index (κ3) is 7.71. The summed E-state index contributed by atoms with van der Waals surface area (Å²) >= 11 is 0. The van der Waals surface area contributed by atoms with E-state index in [2.05, 4.69) is 12.1 Å². The molecule has 0 aliphatic rings. The van der Waals surface area contributed by atoms with Crippen molar-refractivity contribution in [2.24, 2.45) is 0 Å². The minimum Gasteiger partial charge on any atom is -0.282 e. The molecule has 0 bridgehead atoms. The van der Waals surface area contributed by atoms with Crippen molar-refractivity contribution >= 4 is 10.1 Å². The molecule has 94 valence electrons. The van der Waals surface area contributed by atoms with Crippen molar-refractivity contribution in [1.29, 1.82) is 0 Å². The number of hydrogen-bond donors (Lipinski definition) is 1. The second kappa shape index (κ2) is 7.25. The zero-order valence-corrected chi connectivity index (χ0v) is 10.6. The molecular formula is C13H18O3S. The molecule has 1 rings (SSSR count). The topological polar surface area (TPSA) is 54.4 Å². The fourth-order valence-corrected chi connectivity index (χ4v) is 1.98. The van der Waals surface area contributed by atoms with E-state index in [0.717, 1.165) is 31.1 Å². The molecule has 0 aliphatic carbocycles. The summed E-state index contributed by atoms with van der Waals surface area (Å²) in [6.45, 7) is 0. The molecule has 0 atom stereocenters. The van der Waals surface area contributed by atoms with Gasteiger partial charge >= 0.3 is 0 Å². The zero-order valence-electron chi connectivity index (χ0n) is 9.75. The Morgan fingerprint density at radius 2 is 1.76 bits per heavy atom. The fraction of sp³-hybridized carbons (Fsp3) is 0.385. The maximum Gasteiger partial charge on any atom is 0.287 e. The monoisotopic (exact) mass is 254 g/mol. The predicted octanol–water partition coefficient (Wildman–Crippen LogP) is 3.19. The molecule has 1 aromatic carbocycles. The van der Waals surface area contributed by atoms with E-state index >= 15 is 0 Å². The minimum atomic E-state index is -3.94. The highest BCUT2D eigenvalue weighted by atomic mass is 32.2. The highest BCUT2D eigenvalue weighted by molar-refractivity contribution is 7.88. The van der Waals surface area contributed by atoms with Gasteiger partial charge in [0.1, 0.15) is 0 Å². The van der Waals surface area contributed by atoms with Crippen LogP contribution in [-0.2, 0) is 16.5 Å². The molecule has 0 fully saturated rings. The van der Waals surface area contributed by atoms with Gasteiger partial charge in [0, 0.05) is 0 Å². The lowest BCUT2D eigenvalue weighted by molar-refractivity contribution is 0.494. The number of benzene rings is 1. The minimum absolute atomic E-state index is 0.689. The third-order valence-electron chi connectivity index (χ3n) is 2.45. The van der Waals surface area contributed by atoms with Gasteiger partial charge in [0.15, 0.2) is 0 Å². The van der Waals surface area contributed by atoms with E-state index in [9.17, 15) is 8.42 Å². The van der Waals surface area contributed by atoms with Crippen LogP contribution in [0.4, 0.5) is 0 Å². The summed E-state index contributed by atoms with van der Waals surface area (Å²) in [5, 5.41) is 0.851. The second-order valence-electron chi connectivity index (χ2n) is 3.97. The van der Waals surface area contributed by atoms with Crippen molar-refractivity contribution in [2.45, 2.75) is 32.1 Å². The van der Waals surface area contributed by atoms with Gasteiger partial charge in [-0.1, -0.05) is 42.8 Å². The van der Waals surface area contributed by atoms with Crippen molar-refractivity contribution in [2.75, 3.05) is 0 Å². The Bertz CT molecular complexity index is 435. The summed E-state index contributed by atoms with van der Waals surface area (Å²) in [7, 11) is -3.94. The average molecular weight is 254 g/mol. The first-order valence-electron chi connectivity index (χ1n) is 5.76. The lowest BCUT2D eigenvalue weighted by atomic mass is 10.1. The third-order valence-corrected chi connectivity index (χ3v) is 2.98. The lowest BCUT2D eigenvalue weighted by Crippen LogP contribution is -1.89. The average Bonchev–Trinajstić information content (AvgIpc) is 2.28. The Morgan fingerprint density at radius 3 is 2.41 bits per heavy atom. The van der Waals surface area contributed by atoms with Gasteiger partial charge in [0.25, 0.3) is 10.1 Å². The SMILES string of the molecule is O=S(=O)(O)C=CCCCCCc1ccccc1. The Morgan fingerprint density at radius 1 is 1.06 bits per heavy atom. The first-order chi connectivity index (χ1) is 8.08. The van der Waals surface area contributed by atoms with E-state index in [0.29, 0.717) is 6.42 Å². The summed E-state index contributed by atoms with van der Waals surface area (Å²) in [6, 6.07) is 10.3. The zero-order chi connectivity index (χ0) is 12.6. The quantitative estimate of drug-likeness (QED) is 0.600. The summed E-state index contributed by atoms with van der Waals surface area (Å²) in [4.78, 5) is 0. The van der Waals surface area contributed by atoms with Crippen molar-refractivity contribution < 1.29 is 13.0 Å². The highest BCUT2D eigenvalue weighted by Gasteiger charge is 1.95. The maximum atomic E-state index is 10.4. The van der Waals surface area contributed by atoms with Gasteiger partial charge in [-0.15, -0.1) is 0 Å². The number of hydrogen-bond acceptors (Lipinski definition) is 2. The van der Waals surface area contributed by atoms with Crippen LogP contribution in [0.2, 0.25) is 0 Å². The molecule has 0 saturated carbocycles. The van der Waals surface area contributed by atoms with Crippen LogP contribution in [0, 0.1) is 0 Å². The summed E-state index contributed by atoms with van der Waals surface area (Å²) in [5.41, 5.74) is 1.33. The number of unbranched alkanes of at least 4 members (excludes halogenated alkanes) is 3. The standard InChI is InChI=1S/C13H18O3S/c14-17(15,16)12-8-3-1-2-5-9-13-10-6-4-7-11-13/h4,6-8,10-12H,1-3,5,9H2,(H,14,15,16). The molecule has 1 N–H and O–H groups in total. The van der Waals surface area contributed by atoms with Gasteiger partial charge in [-0.2, -0.15) is 8.42 Å². The van der Waals surface area contributed by atoms with E-state index in [1.165, 1.54) is 11.6 Å². The van der Waals surface area contributed by atoms with Crippen LogP contribution in [0.1, 0.15) is 31.2 Å². The number of allylic oxidation sites excluding steroid dienone is 1. The molecule has 0 amide bonds. The Labute approximate surface area is 103 Å². The first kappa shape index (κ1) is 13.9. The molecule has 0 saturated heterocycles. The Balaban J connectivity index is 2.08. The molecule has 0 heterocycles. The molecule has 4 heteroatoms. The van der Waals surface area contributed by atoms with Crippen LogP contribution >= 0.6 is 0 Å². The van der Waals surface area contributed by atoms with E-state index in [4.69, 9.17) is 4.55 Å². The van der Waals surface area contributed by atoms with E-state index in [1.54, 1.807) is 0 Å². The highest BCUT2D eigenvalue weighted by Crippen LogP contribution is 2.08. The van der Waals surface area contributed by atoms with Crippen LogP contribution < -0.4 is 0 Å². The maximum absolute atomic E-state index is 10.4. The van der Waals surface area contributed by atoms with E-state index in [-0.39, 0.29) is 0 Å². The molecule has 0 unspecified atom stereocenters. The van der Waals surface area contributed by atoms with Crippen LogP contribution in [0.5, 0.6) is 0 Å². The molecule has 3 nitrogen and oxygen atoms in total. The normalized spacial score (nSPS) is 12.1. The summed E-state index contributed by atoms with van der Waals surface area (Å²) in [5.74, 6) is 0. The van der Waals surface area contributed by atoms with Crippen molar-refractivity contribution in [3.05, 3.63) is 47.4 Å². The molecule has 0 aliphatic heterocycles. The van der Waals surface area contributed by atoms with E-state index in [1.807, 2.05) is 18.2 Å². The molecule has 1 aromatic rings. The van der Waals surface area contributed by atoms with Gasteiger partial charge < -0.3 is 0 Å². The smallest absolute Gasteiger partial charge is 0.282 e. The van der Waals surface area contributed by atoms with Gasteiger partial charge in [-0.25, -0.2) is 0 Å². The fourth-order valence-electron chi connectivity index (χ4n) is 1.60. The largest absolute Gasteiger partial charge is 0.287 e. The lowest BCUT2D eigenvalue weighted by Gasteiger charge is -2.00. The molecule has 0 radical (unpaired) electrons. The van der Waals surface area contributed by atoms with Crippen molar-refractivity contribution in [3.8, 4) is 0 Å². The second-order valence-corrected chi connectivity index (χ2v) is 5.27. The van der Waals surface area contributed by atoms with Crippen LogP contribution in [-0.4, -0.2) is 13.0 Å². The van der Waals surface area contributed by atoms with E-state index < -0.39 is 10.1 Å². The number of rotatable bonds is 7. The van der Waals surface area contributed by atoms with Crippen LogP contribution in [0.15, 0.2) is 41.8 Å². The molecule has 0 spiro atoms. The predicted molar refractivity (Wildman–Crippen MR) is 69.3 cm³/mol. The summed E-state index contributed by atoms with van der Waals surface area (Å²) < 4.78 is 29.2. The van der Waals surface area contributed by atoms with Crippen LogP contribution in [0.3, 0.4) is 0 Å². The van der Waals surface area contributed by atoms with Gasteiger partial charge in [-0.3, -0.25) is 4.55 Å². The Hall–Kier alpha value is -1.13. The molecule has 17 heavy (non-hydrogen) atoms. The first-order valence-corrected chi connectivity index (χ1v) is 7.26. The van der Waals surface area contributed by atoms with Gasteiger partial charge in [0.2, 0.25) is 0 Å². The summed E-state index contributed by atoms with van der Waals surface area (Å²) in [6.07, 6.45) is 6.35. The van der Waals surface area contributed by atoms with Crippen molar-refractivity contribution in [3.63, 3.8) is 0 Å². The Kier molecular flexibility index (Phi) is 5.94. The van der Waals surface area contributed by atoms with Gasteiger partial charge in [-0.05, 0) is 31.2 Å².